The van der Waals surface area contributed by atoms with Crippen molar-refractivity contribution in [3.8, 4) is 5.75 Å². The molecule has 1 aromatic carbocycles. The van der Waals surface area contributed by atoms with E-state index < -0.39 is 30.0 Å². The maximum Gasteiger partial charge on any atom is 0.338 e. The zero-order valence-corrected chi connectivity index (χ0v) is 43.5. The first kappa shape index (κ1) is 62.9. The van der Waals surface area contributed by atoms with E-state index in [9.17, 15) is 29.1 Å². The smallest absolute Gasteiger partial charge is 0.338 e. The molecule has 0 aliphatic carbocycles. The molecular formula is C58H96O11. The van der Waals surface area contributed by atoms with Gasteiger partial charge in [-0.3, -0.25) is 19.2 Å². The minimum absolute atomic E-state index is 0.0955. The predicted octanol–water partition coefficient (Wildman–Crippen LogP) is 15.3. The van der Waals surface area contributed by atoms with Crippen molar-refractivity contribution >= 4 is 29.8 Å². The van der Waals surface area contributed by atoms with Crippen LogP contribution in [-0.2, 0) is 42.9 Å². The van der Waals surface area contributed by atoms with Crippen molar-refractivity contribution in [3.05, 3.63) is 54.1 Å². The lowest BCUT2D eigenvalue weighted by molar-refractivity contribution is -0.167. The molecule has 1 N–H and O–H groups in total. The third-order valence-corrected chi connectivity index (χ3v) is 12.1. The van der Waals surface area contributed by atoms with E-state index in [0.29, 0.717) is 25.0 Å². The van der Waals surface area contributed by atoms with Gasteiger partial charge >= 0.3 is 29.8 Å². The summed E-state index contributed by atoms with van der Waals surface area (Å²) < 4.78 is 27.1. The fraction of sp³-hybridized carbons (Fsp3) is 0.741. The van der Waals surface area contributed by atoms with E-state index >= 15 is 0 Å². The van der Waals surface area contributed by atoms with Crippen LogP contribution in [0.2, 0.25) is 0 Å². The number of allylic oxidation sites excluding steroid dienone is 4. The first-order chi connectivity index (χ1) is 33.7. The first-order valence-electron chi connectivity index (χ1n) is 27.7. The van der Waals surface area contributed by atoms with Crippen LogP contribution in [0.25, 0.3) is 0 Å². The van der Waals surface area contributed by atoms with E-state index in [1.165, 1.54) is 114 Å². The molecule has 1 aromatic rings. The summed E-state index contributed by atoms with van der Waals surface area (Å²) in [4.78, 5) is 62.4. The standard InChI is InChI=1S/C58H96O11/c1-3-5-7-9-11-13-15-17-19-21-23-25-27-31-35-39-54(60)67-49-53(69-57(63)40-36-32-28-26-24-22-20-18-16-14-12-10-8-6-4-2)50-68-56(62)46-45-55(61)65-47-37-33-29-30-34-38-48-66-58(64)51-41-43-52(59)44-42-51/h17-20,41-44,53,59H,3-16,21-40,45-50H2,1-2H3/b19-17-,20-18-/t53-/m1/s1. The zero-order valence-electron chi connectivity index (χ0n) is 43.5. The van der Waals surface area contributed by atoms with E-state index in [-0.39, 0.29) is 57.2 Å². The molecule has 394 valence electrons. The number of rotatable bonds is 48. The number of esters is 5. The monoisotopic (exact) mass is 969 g/mol. The van der Waals surface area contributed by atoms with Crippen LogP contribution in [0, 0.1) is 0 Å². The van der Waals surface area contributed by atoms with Crippen molar-refractivity contribution in [2.45, 2.75) is 251 Å². The van der Waals surface area contributed by atoms with Crippen molar-refractivity contribution < 1.29 is 52.8 Å². The minimum Gasteiger partial charge on any atom is -0.508 e. The molecule has 0 aromatic heterocycles. The molecule has 0 unspecified atom stereocenters. The Morgan fingerprint density at radius 3 is 1.20 bits per heavy atom. The number of carbonyl (C=O) groups is 5. The number of ether oxygens (including phenoxy) is 5. The van der Waals surface area contributed by atoms with Crippen molar-refractivity contribution in [1.29, 1.82) is 0 Å². The molecule has 0 heterocycles. The van der Waals surface area contributed by atoms with Crippen LogP contribution in [0.4, 0.5) is 0 Å². The average molecular weight is 969 g/mol. The van der Waals surface area contributed by atoms with Crippen LogP contribution >= 0.6 is 0 Å². The highest BCUT2D eigenvalue weighted by Crippen LogP contribution is 2.15. The third kappa shape index (κ3) is 42.5. The van der Waals surface area contributed by atoms with Gasteiger partial charge in [-0.25, -0.2) is 4.79 Å². The van der Waals surface area contributed by atoms with Crippen LogP contribution in [0.5, 0.6) is 5.75 Å². The summed E-state index contributed by atoms with van der Waals surface area (Å²) in [6.07, 6.45) is 43.9. The molecule has 69 heavy (non-hydrogen) atoms. The third-order valence-electron chi connectivity index (χ3n) is 12.1. The Labute approximate surface area is 418 Å². The second-order valence-corrected chi connectivity index (χ2v) is 18.7. The molecule has 0 saturated carbocycles. The van der Waals surface area contributed by atoms with Crippen LogP contribution < -0.4 is 0 Å². The molecule has 11 heteroatoms. The summed E-state index contributed by atoms with van der Waals surface area (Å²) in [5.41, 5.74) is 0.402. The Kier molecular flexibility index (Phi) is 43.3. The molecular weight excluding hydrogens is 873 g/mol. The van der Waals surface area contributed by atoms with Crippen molar-refractivity contribution in [1.82, 2.24) is 0 Å². The van der Waals surface area contributed by atoms with Gasteiger partial charge in [0, 0.05) is 12.8 Å². The van der Waals surface area contributed by atoms with E-state index in [1.807, 2.05) is 0 Å². The summed E-state index contributed by atoms with van der Waals surface area (Å²) in [6, 6.07) is 5.95. The van der Waals surface area contributed by atoms with Crippen LogP contribution in [0.1, 0.15) is 255 Å². The molecule has 0 aliphatic rings. The van der Waals surface area contributed by atoms with Gasteiger partial charge in [0.2, 0.25) is 0 Å². The van der Waals surface area contributed by atoms with Gasteiger partial charge in [-0.1, -0.05) is 167 Å². The topological polar surface area (TPSA) is 152 Å². The molecule has 0 spiro atoms. The number of benzene rings is 1. The Bertz CT molecular complexity index is 1470. The van der Waals surface area contributed by atoms with Crippen molar-refractivity contribution in [3.63, 3.8) is 0 Å². The maximum atomic E-state index is 12.8. The van der Waals surface area contributed by atoms with Crippen LogP contribution in [-0.4, -0.2) is 67.5 Å². The number of carbonyl (C=O) groups excluding carboxylic acids is 5. The average Bonchev–Trinajstić information content (AvgIpc) is 3.34. The zero-order chi connectivity index (χ0) is 50.1. The largest absolute Gasteiger partial charge is 0.508 e. The van der Waals surface area contributed by atoms with Crippen LogP contribution in [0.15, 0.2) is 48.6 Å². The molecule has 0 saturated heterocycles. The van der Waals surface area contributed by atoms with Gasteiger partial charge in [0.15, 0.2) is 6.10 Å². The molecule has 0 amide bonds. The summed E-state index contributed by atoms with van der Waals surface area (Å²) in [5, 5.41) is 9.35. The first-order valence-corrected chi connectivity index (χ1v) is 27.7. The number of phenols is 1. The van der Waals surface area contributed by atoms with Crippen molar-refractivity contribution in [2.75, 3.05) is 26.4 Å². The number of hydrogen-bond donors (Lipinski definition) is 1. The van der Waals surface area contributed by atoms with Gasteiger partial charge in [0.1, 0.15) is 19.0 Å². The minimum atomic E-state index is -0.935. The maximum absolute atomic E-state index is 12.8. The molecule has 1 rings (SSSR count). The number of aromatic hydroxyl groups is 1. The fourth-order valence-electron chi connectivity index (χ4n) is 7.78. The van der Waals surface area contributed by atoms with E-state index in [0.717, 1.165) is 103 Å². The summed E-state index contributed by atoms with van der Waals surface area (Å²) in [7, 11) is 0. The van der Waals surface area contributed by atoms with Gasteiger partial charge in [-0.05, 0) is 101 Å². The van der Waals surface area contributed by atoms with Gasteiger partial charge in [0.25, 0.3) is 0 Å². The number of unbranched alkanes of at least 4 members (excludes halogenated alkanes) is 27. The van der Waals surface area contributed by atoms with Gasteiger partial charge in [0.05, 0.1) is 31.6 Å². The lowest BCUT2D eigenvalue weighted by Gasteiger charge is -2.18. The van der Waals surface area contributed by atoms with Gasteiger partial charge in [-0.15, -0.1) is 0 Å². The predicted molar refractivity (Wildman–Crippen MR) is 277 cm³/mol. The lowest BCUT2D eigenvalue weighted by Crippen LogP contribution is -2.31. The Morgan fingerprint density at radius 2 is 0.754 bits per heavy atom. The fourth-order valence-corrected chi connectivity index (χ4v) is 7.78. The van der Waals surface area contributed by atoms with E-state index in [4.69, 9.17) is 23.7 Å². The van der Waals surface area contributed by atoms with E-state index in [2.05, 4.69) is 38.2 Å². The summed E-state index contributed by atoms with van der Waals surface area (Å²) in [5.74, 6) is -2.22. The number of hydrogen-bond acceptors (Lipinski definition) is 11. The van der Waals surface area contributed by atoms with E-state index in [1.54, 1.807) is 0 Å². The normalized spacial score (nSPS) is 11.8. The summed E-state index contributed by atoms with van der Waals surface area (Å²) in [6.45, 7) is 4.61. The van der Waals surface area contributed by atoms with Gasteiger partial charge < -0.3 is 28.8 Å². The Hall–Kier alpha value is -4.15. The highest BCUT2D eigenvalue weighted by Gasteiger charge is 2.20. The van der Waals surface area contributed by atoms with Gasteiger partial charge in [-0.2, -0.15) is 0 Å². The second-order valence-electron chi connectivity index (χ2n) is 18.7. The molecule has 0 radical (unpaired) electrons. The Morgan fingerprint density at radius 1 is 0.406 bits per heavy atom. The molecule has 0 bridgehead atoms. The SMILES string of the molecule is CCCCCCCC/C=C\CCCCCCCC(=O)OC[C@H](COC(=O)CCC(=O)OCCCCCCCCOC(=O)c1ccc(O)cc1)OC(=O)CCCCCCC/C=C\CCCCCCCC. The quantitative estimate of drug-likeness (QED) is 0.0287. The second kappa shape index (κ2) is 47.5. The molecule has 0 aliphatic heterocycles. The lowest BCUT2D eigenvalue weighted by atomic mass is 10.1. The molecule has 1 atom stereocenters. The summed E-state index contributed by atoms with van der Waals surface area (Å²) >= 11 is 0. The van der Waals surface area contributed by atoms with Crippen LogP contribution in [0.3, 0.4) is 0 Å². The Balaban J connectivity index is 2.32. The molecule has 0 fully saturated rings. The van der Waals surface area contributed by atoms with Crippen molar-refractivity contribution in [2.24, 2.45) is 0 Å². The number of phenolic OH excluding ortho intramolecular Hbond substituents is 1. The highest BCUT2D eigenvalue weighted by molar-refractivity contribution is 5.89. The highest BCUT2D eigenvalue weighted by atomic mass is 16.6. The molecule has 11 nitrogen and oxygen atoms in total.